The summed E-state index contributed by atoms with van der Waals surface area (Å²) in [5.41, 5.74) is 2.17. The Hall–Kier alpha value is -1.73. The first-order chi connectivity index (χ1) is 14.2. The van der Waals surface area contributed by atoms with Crippen molar-refractivity contribution >= 4 is 21.6 Å². The standard InChI is InChI=1S/C23H34BrN5O/c1-15-12-19(16(2)17(3)23(15,4)5)28-20-14-27-29(22(30)21(20)24)11-10-26-13-18-6-8-25-9-7-18/h6-9,14-17,19,26,28H,10-13H2,1-5H3/t15-,16+,17+,19+/m0/s1. The van der Waals surface area contributed by atoms with Gasteiger partial charge < -0.3 is 10.6 Å². The molecule has 1 saturated carbocycles. The zero-order chi connectivity index (χ0) is 21.9. The third-order valence-corrected chi connectivity index (χ3v) is 8.15. The first-order valence-corrected chi connectivity index (χ1v) is 11.6. The first-order valence-electron chi connectivity index (χ1n) is 10.8. The minimum atomic E-state index is -0.101. The van der Waals surface area contributed by atoms with Crippen LogP contribution < -0.4 is 16.2 Å². The molecule has 1 fully saturated rings. The van der Waals surface area contributed by atoms with Crippen LogP contribution in [-0.4, -0.2) is 27.4 Å². The molecule has 1 aliphatic carbocycles. The molecule has 0 radical (unpaired) electrons. The van der Waals surface area contributed by atoms with E-state index < -0.39 is 0 Å². The van der Waals surface area contributed by atoms with E-state index in [1.54, 1.807) is 18.6 Å². The maximum Gasteiger partial charge on any atom is 0.283 e. The number of nitrogens with one attached hydrogen (secondary N) is 2. The van der Waals surface area contributed by atoms with Gasteiger partial charge in [-0.05, 0) is 63.2 Å². The van der Waals surface area contributed by atoms with Gasteiger partial charge >= 0.3 is 0 Å². The van der Waals surface area contributed by atoms with E-state index in [2.05, 4.69) is 71.3 Å². The van der Waals surface area contributed by atoms with E-state index in [0.717, 1.165) is 18.7 Å². The van der Waals surface area contributed by atoms with E-state index in [1.165, 1.54) is 10.2 Å². The van der Waals surface area contributed by atoms with Gasteiger partial charge in [-0.25, -0.2) is 4.68 Å². The number of halogens is 1. The normalized spacial score (nSPS) is 25.8. The predicted octanol–water partition coefficient (Wildman–Crippen LogP) is 4.31. The van der Waals surface area contributed by atoms with Gasteiger partial charge in [0.05, 0.1) is 18.4 Å². The molecule has 2 aromatic rings. The Kier molecular flexibility index (Phi) is 7.34. The van der Waals surface area contributed by atoms with E-state index in [9.17, 15) is 4.79 Å². The van der Waals surface area contributed by atoms with E-state index in [1.807, 2.05) is 12.1 Å². The molecule has 0 aromatic carbocycles. The average molecular weight is 476 g/mol. The van der Waals surface area contributed by atoms with Crippen LogP contribution in [0, 0.1) is 23.2 Å². The fourth-order valence-corrected chi connectivity index (χ4v) is 4.83. The number of anilines is 1. The van der Waals surface area contributed by atoms with Gasteiger partial charge in [0.15, 0.2) is 0 Å². The monoisotopic (exact) mass is 475 g/mol. The Bertz CT molecular complexity index is 898. The lowest BCUT2D eigenvalue weighted by molar-refractivity contribution is 0.0316. The van der Waals surface area contributed by atoms with Gasteiger partial charge in [-0.3, -0.25) is 9.78 Å². The van der Waals surface area contributed by atoms with Gasteiger partial charge in [0.1, 0.15) is 4.47 Å². The van der Waals surface area contributed by atoms with Crippen molar-refractivity contribution in [2.45, 2.75) is 60.2 Å². The number of aromatic nitrogens is 3. The van der Waals surface area contributed by atoms with Crippen molar-refractivity contribution < 1.29 is 0 Å². The SMILES string of the molecule is C[C@@H]1[C@@H](C)C(C)(C)[C@@H](C)C[C@H]1Nc1cnn(CCNCc2ccncc2)c(=O)c1Br. The van der Waals surface area contributed by atoms with Crippen LogP contribution in [0.5, 0.6) is 0 Å². The van der Waals surface area contributed by atoms with E-state index in [-0.39, 0.29) is 5.56 Å². The second kappa shape index (κ2) is 9.60. The van der Waals surface area contributed by atoms with Crippen LogP contribution in [0.4, 0.5) is 5.69 Å². The van der Waals surface area contributed by atoms with Crippen molar-refractivity contribution in [1.82, 2.24) is 20.1 Å². The fourth-order valence-electron chi connectivity index (χ4n) is 4.41. The highest BCUT2D eigenvalue weighted by atomic mass is 79.9. The molecule has 7 heteroatoms. The summed E-state index contributed by atoms with van der Waals surface area (Å²) in [6.07, 6.45) is 6.42. The molecule has 0 aliphatic heterocycles. The molecule has 2 aromatic heterocycles. The third-order valence-electron chi connectivity index (χ3n) is 7.38. The molecule has 2 heterocycles. The summed E-state index contributed by atoms with van der Waals surface area (Å²) in [6.45, 7) is 13.7. The quantitative estimate of drug-likeness (QED) is 0.583. The zero-order valence-corrected chi connectivity index (χ0v) is 20.2. The maximum absolute atomic E-state index is 12.8. The fraction of sp³-hybridized carbons (Fsp3) is 0.609. The summed E-state index contributed by atoms with van der Waals surface area (Å²) < 4.78 is 2.07. The van der Waals surface area contributed by atoms with Crippen molar-refractivity contribution in [3.63, 3.8) is 0 Å². The molecule has 4 atom stereocenters. The van der Waals surface area contributed by atoms with Crippen molar-refractivity contribution in [2.75, 3.05) is 11.9 Å². The van der Waals surface area contributed by atoms with Gasteiger partial charge in [0.2, 0.25) is 0 Å². The Labute approximate surface area is 188 Å². The topological polar surface area (TPSA) is 71.8 Å². The maximum atomic E-state index is 12.8. The highest BCUT2D eigenvalue weighted by Crippen LogP contribution is 2.48. The third kappa shape index (κ3) is 4.94. The molecule has 0 saturated heterocycles. The lowest BCUT2D eigenvalue weighted by Crippen LogP contribution is -2.48. The Morgan fingerprint density at radius 1 is 1.23 bits per heavy atom. The van der Waals surface area contributed by atoms with Crippen LogP contribution in [-0.2, 0) is 13.1 Å². The lowest BCUT2D eigenvalue weighted by Gasteiger charge is -2.50. The van der Waals surface area contributed by atoms with E-state index in [0.29, 0.717) is 46.8 Å². The first kappa shape index (κ1) is 22.9. The second-order valence-corrected chi connectivity index (χ2v) is 10.1. The molecule has 0 spiro atoms. The minimum Gasteiger partial charge on any atom is -0.380 e. The largest absolute Gasteiger partial charge is 0.380 e. The van der Waals surface area contributed by atoms with Gasteiger partial charge in [0.25, 0.3) is 5.56 Å². The smallest absolute Gasteiger partial charge is 0.283 e. The Morgan fingerprint density at radius 3 is 2.63 bits per heavy atom. The van der Waals surface area contributed by atoms with Crippen LogP contribution in [0.1, 0.15) is 46.6 Å². The lowest BCUT2D eigenvalue weighted by atomic mass is 9.58. The van der Waals surface area contributed by atoms with Crippen molar-refractivity contribution in [3.05, 3.63) is 51.1 Å². The number of rotatable bonds is 7. The number of nitrogens with zero attached hydrogens (tertiary/aromatic N) is 3. The van der Waals surface area contributed by atoms with Gasteiger partial charge in [-0.2, -0.15) is 5.10 Å². The van der Waals surface area contributed by atoms with Crippen molar-refractivity contribution in [3.8, 4) is 0 Å². The van der Waals surface area contributed by atoms with Crippen LogP contribution >= 0.6 is 15.9 Å². The molecule has 0 amide bonds. The summed E-state index contributed by atoms with van der Waals surface area (Å²) in [5.74, 6) is 1.72. The Morgan fingerprint density at radius 2 is 1.93 bits per heavy atom. The highest BCUT2D eigenvalue weighted by molar-refractivity contribution is 9.10. The van der Waals surface area contributed by atoms with Gasteiger partial charge in [0, 0.05) is 31.5 Å². The van der Waals surface area contributed by atoms with Crippen molar-refractivity contribution in [2.24, 2.45) is 23.2 Å². The number of pyridine rings is 1. The van der Waals surface area contributed by atoms with Crippen LogP contribution in [0.15, 0.2) is 40.0 Å². The highest BCUT2D eigenvalue weighted by Gasteiger charge is 2.43. The van der Waals surface area contributed by atoms with Crippen LogP contribution in [0.25, 0.3) is 0 Å². The second-order valence-electron chi connectivity index (χ2n) is 9.29. The molecule has 30 heavy (non-hydrogen) atoms. The van der Waals surface area contributed by atoms with Crippen LogP contribution in [0.2, 0.25) is 0 Å². The summed E-state index contributed by atoms with van der Waals surface area (Å²) in [4.78, 5) is 16.8. The molecule has 0 unspecified atom stereocenters. The zero-order valence-electron chi connectivity index (χ0n) is 18.7. The summed E-state index contributed by atoms with van der Waals surface area (Å²) in [7, 11) is 0. The molecule has 6 nitrogen and oxygen atoms in total. The molecule has 164 valence electrons. The van der Waals surface area contributed by atoms with Gasteiger partial charge in [-0.15, -0.1) is 0 Å². The van der Waals surface area contributed by atoms with Crippen LogP contribution in [0.3, 0.4) is 0 Å². The van der Waals surface area contributed by atoms with E-state index >= 15 is 0 Å². The van der Waals surface area contributed by atoms with E-state index in [4.69, 9.17) is 0 Å². The molecule has 2 N–H and O–H groups in total. The predicted molar refractivity (Wildman–Crippen MR) is 125 cm³/mol. The number of hydrogen-bond donors (Lipinski definition) is 2. The Balaban J connectivity index is 1.61. The summed E-state index contributed by atoms with van der Waals surface area (Å²) >= 11 is 3.51. The van der Waals surface area contributed by atoms with Crippen molar-refractivity contribution in [1.29, 1.82) is 0 Å². The summed E-state index contributed by atoms with van der Waals surface area (Å²) in [6, 6.07) is 4.28. The molecule has 1 aliphatic rings. The summed E-state index contributed by atoms with van der Waals surface area (Å²) in [5, 5.41) is 11.4. The molecular formula is C23H34BrN5O. The molecule has 3 rings (SSSR count). The minimum absolute atomic E-state index is 0.101. The molecular weight excluding hydrogens is 442 g/mol. The van der Waals surface area contributed by atoms with Gasteiger partial charge in [-0.1, -0.05) is 34.6 Å². The molecule has 0 bridgehead atoms. The number of hydrogen-bond acceptors (Lipinski definition) is 5. The average Bonchev–Trinajstić information content (AvgIpc) is 2.73.